The average molecular weight is 171 g/mol. The number of carbonyl (C=O) groups excluding carboxylic acids is 1. The number of hydrogen-bond acceptors (Lipinski definition) is 1. The molecule has 0 bridgehead atoms. The van der Waals surface area contributed by atoms with Gasteiger partial charge in [0, 0.05) is 12.6 Å². The Kier molecular flexibility index (Phi) is 6.82. The highest BCUT2D eigenvalue weighted by atomic mass is 16.1. The molecular formula is C10H21NO. The molecule has 0 aliphatic rings. The largest absolute Gasteiger partial charge is 0.342 e. The van der Waals surface area contributed by atoms with Gasteiger partial charge in [0.1, 0.15) is 0 Å². The number of carbonyl (C=O) groups is 1. The Morgan fingerprint density at radius 2 is 1.92 bits per heavy atom. The topological polar surface area (TPSA) is 20.3 Å². The molecule has 0 saturated heterocycles. The van der Waals surface area contributed by atoms with Crippen LogP contribution in [0.1, 0.15) is 46.5 Å². The molecule has 72 valence electrons. The van der Waals surface area contributed by atoms with E-state index in [0.29, 0.717) is 6.04 Å². The van der Waals surface area contributed by atoms with Gasteiger partial charge in [-0.25, -0.2) is 0 Å². The summed E-state index contributed by atoms with van der Waals surface area (Å²) in [4.78, 5) is 12.6. The highest BCUT2D eigenvalue weighted by Gasteiger charge is 2.11. The van der Waals surface area contributed by atoms with Crippen molar-refractivity contribution in [2.24, 2.45) is 0 Å². The summed E-state index contributed by atoms with van der Waals surface area (Å²) >= 11 is 0. The summed E-state index contributed by atoms with van der Waals surface area (Å²) in [6.45, 7) is 7.32. The maximum atomic E-state index is 10.7. The Balaban J connectivity index is 3.92. The summed E-state index contributed by atoms with van der Waals surface area (Å²) in [6.07, 6.45) is 5.42. The van der Waals surface area contributed by atoms with E-state index in [0.717, 1.165) is 38.6 Å². The Hall–Kier alpha value is -0.530. The molecule has 2 heteroatoms. The van der Waals surface area contributed by atoms with Crippen LogP contribution in [0.15, 0.2) is 0 Å². The molecule has 0 aromatic carbocycles. The molecule has 1 atom stereocenters. The van der Waals surface area contributed by atoms with E-state index < -0.39 is 0 Å². The van der Waals surface area contributed by atoms with Crippen LogP contribution in [0.3, 0.4) is 0 Å². The van der Waals surface area contributed by atoms with Gasteiger partial charge in [-0.15, -0.1) is 0 Å². The number of rotatable bonds is 7. The highest BCUT2D eigenvalue weighted by Crippen LogP contribution is 2.09. The van der Waals surface area contributed by atoms with Crippen molar-refractivity contribution in [1.82, 2.24) is 4.90 Å². The summed E-state index contributed by atoms with van der Waals surface area (Å²) in [5.74, 6) is 0. The van der Waals surface area contributed by atoms with E-state index >= 15 is 0 Å². The van der Waals surface area contributed by atoms with Crippen LogP contribution in [0, 0.1) is 0 Å². The maximum absolute atomic E-state index is 10.7. The van der Waals surface area contributed by atoms with Crippen LogP contribution in [0.4, 0.5) is 0 Å². The van der Waals surface area contributed by atoms with E-state index in [1.165, 1.54) is 0 Å². The second kappa shape index (κ2) is 7.14. The molecule has 0 rings (SSSR count). The van der Waals surface area contributed by atoms with Crippen LogP contribution in [0.25, 0.3) is 0 Å². The zero-order valence-corrected chi connectivity index (χ0v) is 8.55. The molecule has 0 saturated carbocycles. The first-order valence-corrected chi connectivity index (χ1v) is 5.01. The van der Waals surface area contributed by atoms with Gasteiger partial charge >= 0.3 is 0 Å². The fourth-order valence-corrected chi connectivity index (χ4v) is 1.52. The van der Waals surface area contributed by atoms with Crippen LogP contribution in [-0.4, -0.2) is 23.9 Å². The van der Waals surface area contributed by atoms with Gasteiger partial charge in [0.2, 0.25) is 6.41 Å². The normalized spacial score (nSPS) is 12.6. The molecule has 0 radical (unpaired) electrons. The monoisotopic (exact) mass is 171 g/mol. The molecule has 0 fully saturated rings. The molecule has 1 unspecified atom stereocenters. The van der Waals surface area contributed by atoms with Crippen molar-refractivity contribution in [3.63, 3.8) is 0 Å². The van der Waals surface area contributed by atoms with Crippen molar-refractivity contribution < 1.29 is 4.79 Å². The van der Waals surface area contributed by atoms with E-state index in [-0.39, 0.29) is 0 Å². The van der Waals surface area contributed by atoms with E-state index in [9.17, 15) is 4.79 Å². The highest BCUT2D eigenvalue weighted by molar-refractivity contribution is 5.47. The molecule has 1 amide bonds. The number of nitrogens with zero attached hydrogens (tertiary/aromatic N) is 1. The Labute approximate surface area is 75.9 Å². The first kappa shape index (κ1) is 11.5. The van der Waals surface area contributed by atoms with Gasteiger partial charge in [-0.1, -0.05) is 27.2 Å². The minimum atomic E-state index is 0.465. The maximum Gasteiger partial charge on any atom is 0.209 e. The van der Waals surface area contributed by atoms with E-state index in [2.05, 4.69) is 20.8 Å². The molecule has 0 spiro atoms. The second-order valence-electron chi connectivity index (χ2n) is 3.19. The van der Waals surface area contributed by atoms with Crippen molar-refractivity contribution in [2.75, 3.05) is 6.54 Å². The third-order valence-corrected chi connectivity index (χ3v) is 2.18. The predicted molar refractivity (Wildman–Crippen MR) is 52.0 cm³/mol. The Bertz CT molecular complexity index is 114. The number of hydrogen-bond donors (Lipinski definition) is 0. The first-order chi connectivity index (χ1) is 5.79. The molecule has 0 aliphatic heterocycles. The first-order valence-electron chi connectivity index (χ1n) is 5.01. The lowest BCUT2D eigenvalue weighted by Gasteiger charge is -2.26. The van der Waals surface area contributed by atoms with Crippen LogP contribution < -0.4 is 0 Å². The molecule has 0 aromatic heterocycles. The molecule has 12 heavy (non-hydrogen) atoms. The molecule has 0 aromatic rings. The van der Waals surface area contributed by atoms with E-state index in [1.54, 1.807) is 0 Å². The number of amides is 1. The molecule has 0 N–H and O–H groups in total. The van der Waals surface area contributed by atoms with Crippen molar-refractivity contribution in [3.8, 4) is 0 Å². The minimum Gasteiger partial charge on any atom is -0.342 e. The lowest BCUT2D eigenvalue weighted by molar-refractivity contribution is -0.120. The van der Waals surface area contributed by atoms with Crippen molar-refractivity contribution in [3.05, 3.63) is 0 Å². The quantitative estimate of drug-likeness (QED) is 0.539. The lowest BCUT2D eigenvalue weighted by Crippen LogP contribution is -2.34. The van der Waals surface area contributed by atoms with Gasteiger partial charge in [0.05, 0.1) is 0 Å². The van der Waals surface area contributed by atoms with Crippen molar-refractivity contribution in [2.45, 2.75) is 52.5 Å². The molecular weight excluding hydrogens is 150 g/mol. The van der Waals surface area contributed by atoms with Gasteiger partial charge in [-0.3, -0.25) is 4.79 Å². The lowest BCUT2D eigenvalue weighted by atomic mass is 10.1. The van der Waals surface area contributed by atoms with Gasteiger partial charge in [0.15, 0.2) is 0 Å². The summed E-state index contributed by atoms with van der Waals surface area (Å²) in [6, 6.07) is 0.465. The van der Waals surface area contributed by atoms with Crippen molar-refractivity contribution in [1.29, 1.82) is 0 Å². The molecule has 2 nitrogen and oxygen atoms in total. The summed E-state index contributed by atoms with van der Waals surface area (Å²) < 4.78 is 0. The third kappa shape index (κ3) is 3.74. The SMILES string of the molecule is CCCC(CC)N(C=O)CCC. The van der Waals surface area contributed by atoms with Crippen LogP contribution >= 0.6 is 0 Å². The standard InChI is InChI=1S/C10H21NO/c1-4-7-10(6-3)11(9-12)8-5-2/h9-10H,4-8H2,1-3H3. The van der Waals surface area contributed by atoms with Gasteiger partial charge in [0.25, 0.3) is 0 Å². The summed E-state index contributed by atoms with van der Waals surface area (Å²) in [7, 11) is 0. The van der Waals surface area contributed by atoms with E-state index in [1.807, 2.05) is 4.90 Å². The zero-order chi connectivity index (χ0) is 9.40. The predicted octanol–water partition coefficient (Wildman–Crippen LogP) is 2.43. The average Bonchev–Trinajstić information content (AvgIpc) is 2.11. The van der Waals surface area contributed by atoms with Gasteiger partial charge < -0.3 is 4.90 Å². The zero-order valence-electron chi connectivity index (χ0n) is 8.55. The molecule has 0 aliphatic carbocycles. The van der Waals surface area contributed by atoms with Crippen LogP contribution in [0.5, 0.6) is 0 Å². The smallest absolute Gasteiger partial charge is 0.209 e. The fraction of sp³-hybridized carbons (Fsp3) is 0.900. The minimum absolute atomic E-state index is 0.465. The third-order valence-electron chi connectivity index (χ3n) is 2.18. The molecule has 0 heterocycles. The Morgan fingerprint density at radius 1 is 1.25 bits per heavy atom. The van der Waals surface area contributed by atoms with E-state index in [4.69, 9.17) is 0 Å². The van der Waals surface area contributed by atoms with Crippen molar-refractivity contribution >= 4 is 6.41 Å². The van der Waals surface area contributed by atoms with Crippen LogP contribution in [0.2, 0.25) is 0 Å². The Morgan fingerprint density at radius 3 is 2.25 bits per heavy atom. The van der Waals surface area contributed by atoms with Gasteiger partial charge in [-0.2, -0.15) is 0 Å². The second-order valence-corrected chi connectivity index (χ2v) is 3.19. The fourth-order valence-electron chi connectivity index (χ4n) is 1.52. The van der Waals surface area contributed by atoms with Crippen LogP contribution in [-0.2, 0) is 4.79 Å². The summed E-state index contributed by atoms with van der Waals surface area (Å²) in [5.41, 5.74) is 0. The summed E-state index contributed by atoms with van der Waals surface area (Å²) in [5, 5.41) is 0. The van der Waals surface area contributed by atoms with Gasteiger partial charge in [-0.05, 0) is 19.3 Å².